The first-order chi connectivity index (χ1) is 15.0. The Hall–Kier alpha value is -3.40. The van der Waals surface area contributed by atoms with Crippen molar-refractivity contribution < 1.29 is 30.8 Å². The van der Waals surface area contributed by atoms with Crippen molar-refractivity contribution in [3.05, 3.63) is 95.3 Å². The van der Waals surface area contributed by atoms with Gasteiger partial charge in [-0.2, -0.15) is 13.2 Å². The molecule has 0 spiro atoms. The fraction of sp³-hybridized carbons (Fsp3) is 0.136. The molecule has 0 aliphatic rings. The topological polar surface area (TPSA) is 66.5 Å². The molecule has 3 aromatic rings. The summed E-state index contributed by atoms with van der Waals surface area (Å²) in [5.41, 5.74) is -1.04. The van der Waals surface area contributed by atoms with Gasteiger partial charge >= 0.3 is 6.18 Å². The molecule has 0 heterocycles. The smallest absolute Gasteiger partial charge is 0.321 e. The predicted octanol–water partition coefficient (Wildman–Crippen LogP) is 5.06. The minimum Gasteiger partial charge on any atom is -0.321 e. The van der Waals surface area contributed by atoms with Crippen LogP contribution in [-0.4, -0.2) is 20.6 Å². The molecule has 0 aliphatic carbocycles. The Morgan fingerprint density at radius 1 is 0.938 bits per heavy atom. The van der Waals surface area contributed by atoms with Gasteiger partial charge in [-0.05, 0) is 42.5 Å². The van der Waals surface area contributed by atoms with E-state index in [1.165, 1.54) is 54.6 Å². The number of hydrogen-bond acceptors (Lipinski definition) is 3. The Morgan fingerprint density at radius 3 is 2.12 bits per heavy atom. The molecule has 0 bridgehead atoms. The second-order valence-electron chi connectivity index (χ2n) is 6.91. The monoisotopic (exact) mass is 466 g/mol. The van der Waals surface area contributed by atoms with Crippen molar-refractivity contribution in [1.82, 2.24) is 0 Å². The first-order valence-electron chi connectivity index (χ1n) is 9.25. The molecule has 0 radical (unpaired) electrons. The van der Waals surface area contributed by atoms with Crippen molar-refractivity contribution >= 4 is 27.3 Å². The molecule has 1 N–H and O–H groups in total. The standard InChI is InChI=1S/C22H18F4N2O3S/c1-32(30,31)28(14-16-6-2-4-8-19(16)23)17-12-10-15(11-13-17)21(29)27-20-9-5-3-7-18(20)22(24,25)26/h2-13H,14H2,1H3,(H,27,29). The number of benzene rings is 3. The Bertz CT molecular complexity index is 1230. The summed E-state index contributed by atoms with van der Waals surface area (Å²) in [6.07, 6.45) is -3.68. The van der Waals surface area contributed by atoms with Crippen molar-refractivity contribution in [2.45, 2.75) is 12.7 Å². The summed E-state index contributed by atoms with van der Waals surface area (Å²) in [7, 11) is -3.80. The van der Waals surface area contributed by atoms with E-state index in [0.29, 0.717) is 0 Å². The molecule has 168 valence electrons. The van der Waals surface area contributed by atoms with Gasteiger partial charge in [-0.1, -0.05) is 30.3 Å². The van der Waals surface area contributed by atoms with E-state index in [2.05, 4.69) is 5.32 Å². The summed E-state index contributed by atoms with van der Waals surface area (Å²) in [5, 5.41) is 2.22. The summed E-state index contributed by atoms with van der Waals surface area (Å²) < 4.78 is 78.8. The van der Waals surface area contributed by atoms with Crippen LogP contribution in [0.2, 0.25) is 0 Å². The van der Waals surface area contributed by atoms with Crippen LogP contribution < -0.4 is 9.62 Å². The third-order valence-corrected chi connectivity index (χ3v) is 5.71. The Balaban J connectivity index is 1.85. The van der Waals surface area contributed by atoms with E-state index in [1.54, 1.807) is 6.07 Å². The molecular formula is C22H18F4N2O3S. The number of halogens is 4. The van der Waals surface area contributed by atoms with E-state index in [-0.39, 0.29) is 23.4 Å². The van der Waals surface area contributed by atoms with Gasteiger partial charge in [0.25, 0.3) is 5.91 Å². The number of alkyl halides is 3. The fourth-order valence-corrected chi connectivity index (χ4v) is 3.87. The zero-order chi connectivity index (χ0) is 23.5. The van der Waals surface area contributed by atoms with E-state index >= 15 is 0 Å². The zero-order valence-corrected chi connectivity index (χ0v) is 17.5. The summed E-state index contributed by atoms with van der Waals surface area (Å²) in [4.78, 5) is 12.4. The van der Waals surface area contributed by atoms with Gasteiger partial charge in [-0.25, -0.2) is 12.8 Å². The van der Waals surface area contributed by atoms with Gasteiger partial charge in [-0.15, -0.1) is 0 Å². The Morgan fingerprint density at radius 2 is 1.53 bits per heavy atom. The van der Waals surface area contributed by atoms with E-state index in [9.17, 15) is 30.8 Å². The predicted molar refractivity (Wildman–Crippen MR) is 113 cm³/mol. The molecular weight excluding hydrogens is 448 g/mol. The number of anilines is 2. The molecule has 0 unspecified atom stereocenters. The molecule has 3 rings (SSSR count). The minimum absolute atomic E-state index is 0.0186. The highest BCUT2D eigenvalue weighted by Crippen LogP contribution is 2.34. The van der Waals surface area contributed by atoms with Crippen LogP contribution in [0.3, 0.4) is 0 Å². The molecule has 10 heteroatoms. The van der Waals surface area contributed by atoms with Gasteiger partial charge in [0.05, 0.1) is 29.7 Å². The second kappa shape index (κ2) is 8.99. The Labute approximate surface area is 182 Å². The lowest BCUT2D eigenvalue weighted by Crippen LogP contribution is -2.29. The summed E-state index contributed by atoms with van der Waals surface area (Å²) in [6.45, 7) is -0.268. The lowest BCUT2D eigenvalue weighted by atomic mass is 10.1. The number of sulfonamides is 1. The van der Waals surface area contributed by atoms with E-state index in [1.807, 2.05) is 0 Å². The largest absolute Gasteiger partial charge is 0.418 e. The van der Waals surface area contributed by atoms with Gasteiger partial charge in [0.2, 0.25) is 10.0 Å². The minimum atomic E-state index is -4.64. The number of rotatable bonds is 6. The first kappa shape index (κ1) is 23.3. The van der Waals surface area contributed by atoms with E-state index < -0.39 is 39.2 Å². The number of carbonyl (C=O) groups is 1. The number of para-hydroxylation sites is 1. The van der Waals surface area contributed by atoms with Crippen molar-refractivity contribution in [3.63, 3.8) is 0 Å². The molecule has 3 aromatic carbocycles. The molecule has 1 amide bonds. The van der Waals surface area contributed by atoms with Gasteiger partial charge in [0, 0.05) is 11.1 Å². The molecule has 5 nitrogen and oxygen atoms in total. The van der Waals surface area contributed by atoms with Crippen LogP contribution in [0.25, 0.3) is 0 Å². The Kier molecular flexibility index (Phi) is 6.54. The van der Waals surface area contributed by atoms with Gasteiger partial charge < -0.3 is 5.32 Å². The van der Waals surface area contributed by atoms with Crippen LogP contribution >= 0.6 is 0 Å². The quantitative estimate of drug-likeness (QED) is 0.517. The zero-order valence-electron chi connectivity index (χ0n) is 16.7. The number of nitrogens with one attached hydrogen (secondary N) is 1. The molecule has 0 aromatic heterocycles. The molecule has 0 aliphatic heterocycles. The molecule has 0 atom stereocenters. The van der Waals surface area contributed by atoms with Crippen LogP contribution in [0.15, 0.2) is 72.8 Å². The highest BCUT2D eigenvalue weighted by Gasteiger charge is 2.33. The number of hydrogen-bond donors (Lipinski definition) is 1. The van der Waals surface area contributed by atoms with Gasteiger partial charge in [0.1, 0.15) is 5.82 Å². The second-order valence-corrected chi connectivity index (χ2v) is 8.81. The maximum absolute atomic E-state index is 14.0. The average Bonchev–Trinajstić information content (AvgIpc) is 2.72. The van der Waals surface area contributed by atoms with Crippen LogP contribution in [-0.2, 0) is 22.7 Å². The highest BCUT2D eigenvalue weighted by atomic mass is 32.2. The first-order valence-corrected chi connectivity index (χ1v) is 11.1. The van der Waals surface area contributed by atoms with Crippen LogP contribution in [0.5, 0.6) is 0 Å². The van der Waals surface area contributed by atoms with Crippen molar-refractivity contribution in [2.24, 2.45) is 0 Å². The van der Waals surface area contributed by atoms with E-state index in [4.69, 9.17) is 0 Å². The number of nitrogens with zero attached hydrogens (tertiary/aromatic N) is 1. The number of carbonyl (C=O) groups excluding carboxylic acids is 1. The highest BCUT2D eigenvalue weighted by molar-refractivity contribution is 7.92. The third-order valence-electron chi connectivity index (χ3n) is 4.57. The van der Waals surface area contributed by atoms with Crippen LogP contribution in [0.1, 0.15) is 21.5 Å². The fourth-order valence-electron chi connectivity index (χ4n) is 2.99. The number of amides is 1. The van der Waals surface area contributed by atoms with Gasteiger partial charge in [-0.3, -0.25) is 9.10 Å². The van der Waals surface area contributed by atoms with Crippen LogP contribution in [0, 0.1) is 5.82 Å². The van der Waals surface area contributed by atoms with Gasteiger partial charge in [0.15, 0.2) is 0 Å². The third kappa shape index (κ3) is 5.44. The maximum Gasteiger partial charge on any atom is 0.418 e. The molecule has 0 fully saturated rings. The van der Waals surface area contributed by atoms with Crippen molar-refractivity contribution in [1.29, 1.82) is 0 Å². The molecule has 0 saturated heterocycles. The summed E-state index contributed by atoms with van der Waals surface area (Å²) in [6, 6.07) is 15.5. The van der Waals surface area contributed by atoms with Crippen molar-refractivity contribution in [3.8, 4) is 0 Å². The summed E-state index contributed by atoms with van der Waals surface area (Å²) in [5.74, 6) is -1.37. The van der Waals surface area contributed by atoms with E-state index in [0.717, 1.165) is 22.7 Å². The lowest BCUT2D eigenvalue weighted by molar-refractivity contribution is -0.136. The molecule has 32 heavy (non-hydrogen) atoms. The normalized spacial score (nSPS) is 11.8. The average molecular weight is 466 g/mol. The molecule has 0 saturated carbocycles. The van der Waals surface area contributed by atoms with Crippen molar-refractivity contribution in [2.75, 3.05) is 15.9 Å². The maximum atomic E-state index is 14.0. The lowest BCUT2D eigenvalue weighted by Gasteiger charge is -2.23. The van der Waals surface area contributed by atoms with Crippen LogP contribution in [0.4, 0.5) is 28.9 Å². The summed E-state index contributed by atoms with van der Waals surface area (Å²) >= 11 is 0. The SMILES string of the molecule is CS(=O)(=O)N(Cc1ccccc1F)c1ccc(C(=O)Nc2ccccc2C(F)(F)F)cc1.